The summed E-state index contributed by atoms with van der Waals surface area (Å²) in [6.07, 6.45) is 4.61. The average Bonchev–Trinajstić information content (AvgIpc) is 3.44. The van der Waals surface area contributed by atoms with Gasteiger partial charge in [0.15, 0.2) is 0 Å². The summed E-state index contributed by atoms with van der Waals surface area (Å²) < 4.78 is 7.19. The fourth-order valence-electron chi connectivity index (χ4n) is 4.90. The van der Waals surface area contributed by atoms with Crippen molar-refractivity contribution in [3.05, 3.63) is 42.0 Å². The molecule has 1 saturated carbocycles. The number of amides is 1. The summed E-state index contributed by atoms with van der Waals surface area (Å²) in [6, 6.07) is 11.7. The zero-order valence-corrected chi connectivity index (χ0v) is 18.6. The molecule has 0 spiro atoms. The maximum absolute atomic E-state index is 12.6. The summed E-state index contributed by atoms with van der Waals surface area (Å²) in [7, 11) is 1.38. The monoisotopic (exact) mass is 432 g/mol. The normalized spacial score (nSPS) is 18.5. The SMILES string of the molecule is COC(=O)c1ccc2c(c1)nc(-c1ccc3c(c1)NC(=O)[C@H](C(C)C)N3)n2C1CCCC1. The zero-order valence-electron chi connectivity index (χ0n) is 18.6. The summed E-state index contributed by atoms with van der Waals surface area (Å²) in [5, 5.41) is 6.41. The van der Waals surface area contributed by atoms with E-state index in [1.807, 2.05) is 32.0 Å². The molecule has 0 saturated heterocycles. The van der Waals surface area contributed by atoms with Gasteiger partial charge in [0.05, 0.1) is 35.1 Å². The Hall–Kier alpha value is -3.35. The highest BCUT2D eigenvalue weighted by Gasteiger charge is 2.29. The van der Waals surface area contributed by atoms with Crippen LogP contribution in [0.1, 0.15) is 55.9 Å². The van der Waals surface area contributed by atoms with Gasteiger partial charge < -0.3 is 19.9 Å². The Morgan fingerprint density at radius 3 is 2.62 bits per heavy atom. The number of hydrogen-bond acceptors (Lipinski definition) is 5. The van der Waals surface area contributed by atoms with Gasteiger partial charge in [0.1, 0.15) is 11.9 Å². The lowest BCUT2D eigenvalue weighted by molar-refractivity contribution is -0.117. The number of benzene rings is 2. The molecule has 1 aromatic heterocycles. The van der Waals surface area contributed by atoms with E-state index in [-0.39, 0.29) is 23.8 Å². The van der Waals surface area contributed by atoms with Gasteiger partial charge in [0, 0.05) is 11.6 Å². The number of carbonyl (C=O) groups is 2. The number of aromatic nitrogens is 2. The summed E-state index contributed by atoms with van der Waals surface area (Å²) in [4.78, 5) is 29.5. The zero-order chi connectivity index (χ0) is 22.4. The van der Waals surface area contributed by atoms with Crippen LogP contribution in [-0.4, -0.2) is 34.6 Å². The smallest absolute Gasteiger partial charge is 0.337 e. The molecule has 2 heterocycles. The third-order valence-electron chi connectivity index (χ3n) is 6.60. The van der Waals surface area contributed by atoms with E-state index < -0.39 is 0 Å². The van der Waals surface area contributed by atoms with Gasteiger partial charge in [-0.25, -0.2) is 9.78 Å². The van der Waals surface area contributed by atoms with Crippen molar-refractivity contribution in [2.45, 2.75) is 51.6 Å². The number of nitrogens with zero attached hydrogens (tertiary/aromatic N) is 2. The lowest BCUT2D eigenvalue weighted by Gasteiger charge is -2.29. The first-order chi connectivity index (χ1) is 15.5. The quantitative estimate of drug-likeness (QED) is 0.567. The fraction of sp³-hybridized carbons (Fsp3) is 0.400. The van der Waals surface area contributed by atoms with Crippen LogP contribution in [0.5, 0.6) is 0 Å². The molecule has 1 atom stereocenters. The first kappa shape index (κ1) is 20.5. The number of esters is 1. The molecular weight excluding hydrogens is 404 g/mol. The number of nitrogens with one attached hydrogen (secondary N) is 2. The molecule has 3 aromatic rings. The van der Waals surface area contributed by atoms with Gasteiger partial charge >= 0.3 is 5.97 Å². The molecule has 0 radical (unpaired) electrons. The Bertz CT molecular complexity index is 1210. The highest BCUT2D eigenvalue weighted by atomic mass is 16.5. The van der Waals surface area contributed by atoms with Crippen LogP contribution in [0, 0.1) is 5.92 Å². The van der Waals surface area contributed by atoms with Crippen LogP contribution < -0.4 is 10.6 Å². The number of carbonyl (C=O) groups excluding carboxylic acids is 2. The van der Waals surface area contributed by atoms with E-state index in [0.717, 1.165) is 46.6 Å². The van der Waals surface area contributed by atoms with Crippen molar-refractivity contribution >= 4 is 34.3 Å². The third kappa shape index (κ3) is 3.42. The minimum absolute atomic E-state index is 0.0170. The lowest BCUT2D eigenvalue weighted by atomic mass is 9.99. The summed E-state index contributed by atoms with van der Waals surface area (Å²) >= 11 is 0. The van der Waals surface area contributed by atoms with E-state index >= 15 is 0 Å². The largest absolute Gasteiger partial charge is 0.465 e. The second-order valence-corrected chi connectivity index (χ2v) is 9.05. The first-order valence-electron chi connectivity index (χ1n) is 11.3. The van der Waals surface area contributed by atoms with E-state index in [0.29, 0.717) is 11.6 Å². The summed E-state index contributed by atoms with van der Waals surface area (Å²) in [5.74, 6) is 0.665. The summed E-state index contributed by atoms with van der Waals surface area (Å²) in [6.45, 7) is 4.06. The van der Waals surface area contributed by atoms with Crippen LogP contribution in [0.2, 0.25) is 0 Å². The molecule has 166 valence electrons. The van der Waals surface area contributed by atoms with Crippen molar-refractivity contribution in [3.8, 4) is 11.4 Å². The molecule has 5 rings (SSSR count). The minimum Gasteiger partial charge on any atom is -0.465 e. The predicted octanol–water partition coefficient (Wildman–Crippen LogP) is 4.99. The average molecular weight is 433 g/mol. The van der Waals surface area contributed by atoms with Crippen LogP contribution >= 0.6 is 0 Å². The molecule has 1 aliphatic carbocycles. The van der Waals surface area contributed by atoms with Crippen LogP contribution in [0.25, 0.3) is 22.4 Å². The van der Waals surface area contributed by atoms with Crippen molar-refractivity contribution < 1.29 is 14.3 Å². The molecule has 1 fully saturated rings. The number of ether oxygens (including phenoxy) is 1. The van der Waals surface area contributed by atoms with E-state index in [1.54, 1.807) is 12.1 Å². The van der Waals surface area contributed by atoms with Gasteiger partial charge in [-0.15, -0.1) is 0 Å². The highest BCUT2D eigenvalue weighted by Crippen LogP contribution is 2.39. The molecule has 0 unspecified atom stereocenters. The number of methoxy groups -OCH3 is 1. The van der Waals surface area contributed by atoms with Crippen LogP contribution in [0.4, 0.5) is 11.4 Å². The van der Waals surface area contributed by atoms with Gasteiger partial charge in [-0.2, -0.15) is 0 Å². The van der Waals surface area contributed by atoms with E-state index in [4.69, 9.17) is 9.72 Å². The number of imidazole rings is 1. The Morgan fingerprint density at radius 2 is 1.91 bits per heavy atom. The predicted molar refractivity (Wildman–Crippen MR) is 125 cm³/mol. The highest BCUT2D eigenvalue weighted by molar-refractivity contribution is 6.04. The van der Waals surface area contributed by atoms with E-state index in [2.05, 4.69) is 21.3 Å². The molecular formula is C25H28N4O3. The molecule has 7 nitrogen and oxygen atoms in total. The Morgan fingerprint density at radius 1 is 1.12 bits per heavy atom. The second-order valence-electron chi connectivity index (χ2n) is 9.05. The van der Waals surface area contributed by atoms with Crippen LogP contribution in [-0.2, 0) is 9.53 Å². The Balaban J connectivity index is 1.62. The number of rotatable bonds is 4. The van der Waals surface area contributed by atoms with Crippen molar-refractivity contribution in [2.24, 2.45) is 5.92 Å². The lowest BCUT2D eigenvalue weighted by Crippen LogP contribution is -2.42. The molecule has 2 N–H and O–H groups in total. The van der Waals surface area contributed by atoms with Gasteiger partial charge in [0.2, 0.25) is 5.91 Å². The van der Waals surface area contributed by atoms with E-state index in [1.165, 1.54) is 20.0 Å². The van der Waals surface area contributed by atoms with Gasteiger partial charge in [0.25, 0.3) is 0 Å². The van der Waals surface area contributed by atoms with Crippen LogP contribution in [0.15, 0.2) is 36.4 Å². The molecule has 2 aromatic carbocycles. The van der Waals surface area contributed by atoms with Crippen molar-refractivity contribution in [1.29, 1.82) is 0 Å². The number of anilines is 2. The minimum atomic E-state index is -0.369. The Labute approximate surface area is 187 Å². The standard InChI is InChI=1S/C25H28N4O3/c1-14(2)22-24(30)28-19-12-15(8-10-18(19)26-22)23-27-20-13-16(25(31)32-3)9-11-21(20)29(23)17-6-4-5-7-17/h8-14,17,22,26H,4-7H2,1-3H3,(H,28,30)/t22-/m0/s1. The number of hydrogen-bond donors (Lipinski definition) is 2. The van der Waals surface area contributed by atoms with Crippen molar-refractivity contribution in [1.82, 2.24) is 9.55 Å². The van der Waals surface area contributed by atoms with Crippen molar-refractivity contribution in [3.63, 3.8) is 0 Å². The molecule has 32 heavy (non-hydrogen) atoms. The first-order valence-corrected chi connectivity index (χ1v) is 11.3. The number of fused-ring (bicyclic) bond motifs is 2. The maximum Gasteiger partial charge on any atom is 0.337 e. The molecule has 7 heteroatoms. The van der Waals surface area contributed by atoms with Gasteiger partial charge in [-0.3, -0.25) is 4.79 Å². The van der Waals surface area contributed by atoms with Crippen molar-refractivity contribution in [2.75, 3.05) is 17.7 Å². The van der Waals surface area contributed by atoms with Crippen LogP contribution in [0.3, 0.4) is 0 Å². The molecule has 2 aliphatic rings. The maximum atomic E-state index is 12.6. The van der Waals surface area contributed by atoms with Gasteiger partial charge in [-0.1, -0.05) is 26.7 Å². The van der Waals surface area contributed by atoms with Gasteiger partial charge in [-0.05, 0) is 55.2 Å². The third-order valence-corrected chi connectivity index (χ3v) is 6.60. The molecule has 1 amide bonds. The summed E-state index contributed by atoms with van der Waals surface area (Å²) in [5.41, 5.74) is 4.91. The fourth-order valence-corrected chi connectivity index (χ4v) is 4.90. The Kier molecular flexibility index (Phi) is 5.12. The topological polar surface area (TPSA) is 85.2 Å². The molecule has 1 aliphatic heterocycles. The van der Waals surface area contributed by atoms with E-state index in [9.17, 15) is 9.59 Å². The second kappa shape index (κ2) is 7.97. The molecule has 0 bridgehead atoms.